The molecule has 3 atom stereocenters. The van der Waals surface area contributed by atoms with Crippen molar-refractivity contribution >= 4 is 17.4 Å². The highest BCUT2D eigenvalue weighted by molar-refractivity contribution is 7.11. The molecule has 1 aliphatic rings. The number of urea groups is 1. The number of hydrogen-bond donors (Lipinski definition) is 3. The van der Waals surface area contributed by atoms with Gasteiger partial charge in [-0.25, -0.2) is 4.79 Å². The van der Waals surface area contributed by atoms with Crippen LogP contribution in [0, 0.1) is 12.8 Å². The number of carbonyl (C=O) groups excluding carboxylic acids is 1. The van der Waals surface area contributed by atoms with Gasteiger partial charge in [0, 0.05) is 28.8 Å². The molecular formula is C16H26N2O2S. The monoisotopic (exact) mass is 310 g/mol. The number of hydrogen-bond acceptors (Lipinski definition) is 3. The predicted octanol–water partition coefficient (Wildman–Crippen LogP) is 2.84. The Kier molecular flexibility index (Phi) is 6.06. The van der Waals surface area contributed by atoms with Crippen molar-refractivity contribution in [2.24, 2.45) is 5.92 Å². The third-order valence-corrected chi connectivity index (χ3v) is 5.01. The Morgan fingerprint density at radius 3 is 2.95 bits per heavy atom. The van der Waals surface area contributed by atoms with Gasteiger partial charge < -0.3 is 15.7 Å². The van der Waals surface area contributed by atoms with E-state index in [0.717, 1.165) is 32.1 Å². The molecule has 3 unspecified atom stereocenters. The lowest BCUT2D eigenvalue weighted by molar-refractivity contribution is 0.101. The molecule has 0 saturated heterocycles. The Labute approximate surface area is 131 Å². The van der Waals surface area contributed by atoms with Gasteiger partial charge in [-0.3, -0.25) is 0 Å². The molecule has 1 aromatic rings. The summed E-state index contributed by atoms with van der Waals surface area (Å²) in [6.45, 7) is 4.78. The van der Waals surface area contributed by atoms with Crippen LogP contribution in [0.2, 0.25) is 0 Å². The molecular weight excluding hydrogens is 284 g/mol. The molecule has 1 saturated carbocycles. The van der Waals surface area contributed by atoms with Crippen molar-refractivity contribution in [3.63, 3.8) is 0 Å². The molecule has 0 radical (unpaired) electrons. The SMILES string of the molecule is Cc1ccc(CC(C)NC(=O)NCC2CCCC(O)C2)s1. The van der Waals surface area contributed by atoms with Crippen LogP contribution in [0.3, 0.4) is 0 Å². The normalized spacial score (nSPS) is 23.6. The Balaban J connectivity index is 1.66. The number of carbonyl (C=O) groups is 1. The third-order valence-electron chi connectivity index (χ3n) is 3.99. The van der Waals surface area contributed by atoms with Crippen molar-refractivity contribution in [1.29, 1.82) is 0 Å². The number of rotatable bonds is 5. The second kappa shape index (κ2) is 7.80. The van der Waals surface area contributed by atoms with Crippen molar-refractivity contribution in [1.82, 2.24) is 10.6 Å². The highest BCUT2D eigenvalue weighted by atomic mass is 32.1. The number of amides is 2. The summed E-state index contributed by atoms with van der Waals surface area (Å²) in [4.78, 5) is 14.5. The van der Waals surface area contributed by atoms with Gasteiger partial charge >= 0.3 is 6.03 Å². The lowest BCUT2D eigenvalue weighted by Gasteiger charge is -2.26. The van der Waals surface area contributed by atoms with Crippen LogP contribution in [-0.4, -0.2) is 29.8 Å². The molecule has 1 fully saturated rings. The Bertz CT molecular complexity index is 461. The largest absolute Gasteiger partial charge is 0.393 e. The standard InChI is InChI=1S/C16H26N2O2S/c1-11(8-15-7-6-12(2)21-15)18-16(20)17-10-13-4-3-5-14(19)9-13/h6-7,11,13-14,19H,3-5,8-10H2,1-2H3,(H2,17,18,20). The molecule has 3 N–H and O–H groups in total. The van der Waals surface area contributed by atoms with Gasteiger partial charge in [0.2, 0.25) is 0 Å². The van der Waals surface area contributed by atoms with Gasteiger partial charge in [-0.1, -0.05) is 6.42 Å². The molecule has 4 nitrogen and oxygen atoms in total. The van der Waals surface area contributed by atoms with E-state index >= 15 is 0 Å². The third kappa shape index (κ3) is 5.67. The highest BCUT2D eigenvalue weighted by Gasteiger charge is 2.20. The van der Waals surface area contributed by atoms with Crippen LogP contribution in [0.15, 0.2) is 12.1 Å². The maximum atomic E-state index is 11.9. The van der Waals surface area contributed by atoms with Gasteiger partial charge in [-0.05, 0) is 51.2 Å². The lowest BCUT2D eigenvalue weighted by Crippen LogP contribution is -2.43. The fourth-order valence-corrected chi connectivity index (χ4v) is 3.93. The molecule has 0 bridgehead atoms. The van der Waals surface area contributed by atoms with E-state index in [-0.39, 0.29) is 18.2 Å². The van der Waals surface area contributed by atoms with Crippen LogP contribution >= 0.6 is 11.3 Å². The van der Waals surface area contributed by atoms with E-state index in [1.165, 1.54) is 9.75 Å². The summed E-state index contributed by atoms with van der Waals surface area (Å²) in [5.41, 5.74) is 0. The van der Waals surface area contributed by atoms with Crippen LogP contribution in [0.25, 0.3) is 0 Å². The molecule has 1 heterocycles. The molecule has 0 aliphatic heterocycles. The van der Waals surface area contributed by atoms with Crippen LogP contribution < -0.4 is 10.6 Å². The first-order valence-corrected chi connectivity index (χ1v) is 8.62. The smallest absolute Gasteiger partial charge is 0.315 e. The number of aliphatic hydroxyl groups is 1. The molecule has 2 amide bonds. The molecule has 1 aromatic heterocycles. The highest BCUT2D eigenvalue weighted by Crippen LogP contribution is 2.23. The minimum Gasteiger partial charge on any atom is -0.393 e. The summed E-state index contributed by atoms with van der Waals surface area (Å²) in [7, 11) is 0. The zero-order valence-electron chi connectivity index (χ0n) is 12.9. The minimum absolute atomic E-state index is 0.101. The summed E-state index contributed by atoms with van der Waals surface area (Å²) in [6, 6.07) is 4.26. The average molecular weight is 310 g/mol. The van der Waals surface area contributed by atoms with Crippen molar-refractivity contribution in [3.8, 4) is 0 Å². The minimum atomic E-state index is -0.186. The van der Waals surface area contributed by atoms with Gasteiger partial charge in [-0.2, -0.15) is 0 Å². The van der Waals surface area contributed by atoms with Crippen molar-refractivity contribution in [2.45, 2.75) is 58.1 Å². The quantitative estimate of drug-likeness (QED) is 0.783. The molecule has 118 valence electrons. The second-order valence-corrected chi connectivity index (χ2v) is 7.53. The average Bonchev–Trinajstić information content (AvgIpc) is 2.81. The fraction of sp³-hybridized carbons (Fsp3) is 0.688. The lowest BCUT2D eigenvalue weighted by atomic mass is 9.87. The van der Waals surface area contributed by atoms with E-state index in [1.54, 1.807) is 11.3 Å². The zero-order valence-corrected chi connectivity index (χ0v) is 13.7. The van der Waals surface area contributed by atoms with E-state index in [1.807, 2.05) is 6.92 Å². The van der Waals surface area contributed by atoms with Gasteiger partial charge in [0.1, 0.15) is 0 Å². The summed E-state index contributed by atoms with van der Waals surface area (Å²) in [5.74, 6) is 0.412. The van der Waals surface area contributed by atoms with E-state index in [0.29, 0.717) is 12.5 Å². The van der Waals surface area contributed by atoms with Gasteiger partial charge in [0.25, 0.3) is 0 Å². The topological polar surface area (TPSA) is 61.4 Å². The Hall–Kier alpha value is -1.07. The maximum Gasteiger partial charge on any atom is 0.315 e. The van der Waals surface area contributed by atoms with Crippen LogP contribution in [0.5, 0.6) is 0 Å². The van der Waals surface area contributed by atoms with Gasteiger partial charge in [0.15, 0.2) is 0 Å². The van der Waals surface area contributed by atoms with Gasteiger partial charge in [0.05, 0.1) is 6.10 Å². The summed E-state index contributed by atoms with van der Waals surface area (Å²) < 4.78 is 0. The summed E-state index contributed by atoms with van der Waals surface area (Å²) in [5, 5.41) is 15.5. The Morgan fingerprint density at radius 1 is 1.48 bits per heavy atom. The molecule has 0 spiro atoms. The van der Waals surface area contributed by atoms with Crippen molar-refractivity contribution in [3.05, 3.63) is 21.9 Å². The fourth-order valence-electron chi connectivity index (χ4n) is 2.91. The van der Waals surface area contributed by atoms with Crippen molar-refractivity contribution in [2.75, 3.05) is 6.54 Å². The second-order valence-electron chi connectivity index (χ2n) is 6.16. The zero-order chi connectivity index (χ0) is 15.2. The van der Waals surface area contributed by atoms with Crippen LogP contribution in [0.1, 0.15) is 42.4 Å². The number of thiophene rings is 1. The number of aryl methyl sites for hydroxylation is 1. The summed E-state index contributed by atoms with van der Waals surface area (Å²) >= 11 is 1.78. The van der Waals surface area contributed by atoms with E-state index in [4.69, 9.17) is 0 Å². The first-order chi connectivity index (χ1) is 10.0. The first-order valence-electron chi connectivity index (χ1n) is 7.80. The summed E-state index contributed by atoms with van der Waals surface area (Å²) in [6.07, 6.45) is 4.55. The van der Waals surface area contributed by atoms with E-state index < -0.39 is 0 Å². The number of nitrogens with one attached hydrogen (secondary N) is 2. The van der Waals surface area contributed by atoms with Crippen LogP contribution in [-0.2, 0) is 6.42 Å². The molecule has 21 heavy (non-hydrogen) atoms. The van der Waals surface area contributed by atoms with Crippen LogP contribution in [0.4, 0.5) is 4.79 Å². The maximum absolute atomic E-state index is 11.9. The molecule has 1 aliphatic carbocycles. The van der Waals surface area contributed by atoms with Crippen molar-refractivity contribution < 1.29 is 9.90 Å². The molecule has 5 heteroatoms. The van der Waals surface area contributed by atoms with Gasteiger partial charge in [-0.15, -0.1) is 11.3 Å². The number of aliphatic hydroxyl groups excluding tert-OH is 1. The Morgan fingerprint density at radius 2 is 2.29 bits per heavy atom. The molecule has 2 rings (SSSR count). The van der Waals surface area contributed by atoms with E-state index in [9.17, 15) is 9.90 Å². The molecule has 0 aromatic carbocycles. The predicted molar refractivity (Wildman–Crippen MR) is 86.7 cm³/mol. The van der Waals surface area contributed by atoms with E-state index in [2.05, 4.69) is 29.7 Å². The first kappa shape index (κ1) is 16.3.